The fourth-order valence-electron chi connectivity index (χ4n) is 1.74. The van der Waals surface area contributed by atoms with Crippen molar-refractivity contribution in [3.05, 3.63) is 36.0 Å². The maximum absolute atomic E-state index is 11.8. The van der Waals surface area contributed by atoms with Gasteiger partial charge in [0.05, 0.1) is 13.3 Å². The number of nitrogens with zero attached hydrogens (tertiary/aromatic N) is 3. The van der Waals surface area contributed by atoms with Crippen LogP contribution in [0.3, 0.4) is 0 Å². The van der Waals surface area contributed by atoms with Gasteiger partial charge in [0.1, 0.15) is 12.3 Å². The lowest BCUT2D eigenvalue weighted by Crippen LogP contribution is -2.28. The van der Waals surface area contributed by atoms with E-state index in [4.69, 9.17) is 4.74 Å². The third-order valence-corrected chi connectivity index (χ3v) is 2.77. The first-order valence-electron chi connectivity index (χ1n) is 6.64. The number of aromatic nitrogens is 3. The van der Waals surface area contributed by atoms with Crippen molar-refractivity contribution >= 4 is 17.6 Å². The lowest BCUT2D eigenvalue weighted by Gasteiger charge is -2.06. The standard InChI is InChI=1S/C14H17N5O3/c1-10(20)17-13-8-16-19(18-13)9-14(21)15-7-11-3-5-12(22-2)6-4-11/h3-6,8H,7,9H2,1-2H3,(H,15,21)(H,17,18,20). The molecule has 116 valence electrons. The molecule has 0 aliphatic rings. The van der Waals surface area contributed by atoms with E-state index < -0.39 is 0 Å². The monoisotopic (exact) mass is 303 g/mol. The zero-order valence-corrected chi connectivity index (χ0v) is 12.4. The highest BCUT2D eigenvalue weighted by molar-refractivity contribution is 5.87. The van der Waals surface area contributed by atoms with Gasteiger partial charge < -0.3 is 15.4 Å². The van der Waals surface area contributed by atoms with Crippen LogP contribution in [0.25, 0.3) is 0 Å². The van der Waals surface area contributed by atoms with Crippen LogP contribution in [0.15, 0.2) is 30.5 Å². The van der Waals surface area contributed by atoms with Crippen LogP contribution in [0.2, 0.25) is 0 Å². The zero-order valence-electron chi connectivity index (χ0n) is 12.4. The summed E-state index contributed by atoms with van der Waals surface area (Å²) in [6, 6.07) is 7.41. The molecule has 2 aromatic rings. The third kappa shape index (κ3) is 4.58. The number of nitrogens with one attached hydrogen (secondary N) is 2. The Morgan fingerprint density at radius 2 is 2.00 bits per heavy atom. The van der Waals surface area contributed by atoms with Crippen molar-refractivity contribution in [2.45, 2.75) is 20.0 Å². The van der Waals surface area contributed by atoms with Crippen LogP contribution in [0.1, 0.15) is 12.5 Å². The number of hydrogen-bond donors (Lipinski definition) is 2. The van der Waals surface area contributed by atoms with Crippen molar-refractivity contribution in [3.63, 3.8) is 0 Å². The van der Waals surface area contributed by atoms with Crippen molar-refractivity contribution in [3.8, 4) is 5.75 Å². The van der Waals surface area contributed by atoms with Gasteiger partial charge in [-0.15, -0.1) is 5.10 Å². The largest absolute Gasteiger partial charge is 0.497 e. The second-order valence-electron chi connectivity index (χ2n) is 4.57. The Morgan fingerprint density at radius 3 is 2.64 bits per heavy atom. The molecule has 0 aliphatic carbocycles. The van der Waals surface area contributed by atoms with Crippen LogP contribution in [-0.2, 0) is 22.7 Å². The van der Waals surface area contributed by atoms with E-state index in [0.29, 0.717) is 12.4 Å². The fourth-order valence-corrected chi connectivity index (χ4v) is 1.74. The van der Waals surface area contributed by atoms with E-state index in [-0.39, 0.29) is 18.4 Å². The molecule has 2 N–H and O–H groups in total. The van der Waals surface area contributed by atoms with Crippen LogP contribution in [-0.4, -0.2) is 33.9 Å². The minimum Gasteiger partial charge on any atom is -0.497 e. The molecular formula is C14H17N5O3. The van der Waals surface area contributed by atoms with Crippen molar-refractivity contribution < 1.29 is 14.3 Å². The van der Waals surface area contributed by atoms with E-state index in [1.807, 2.05) is 24.3 Å². The van der Waals surface area contributed by atoms with Crippen LogP contribution in [0.4, 0.5) is 5.82 Å². The normalized spacial score (nSPS) is 10.1. The molecule has 0 bridgehead atoms. The number of carbonyl (C=O) groups excluding carboxylic acids is 2. The van der Waals surface area contributed by atoms with Crippen molar-refractivity contribution in [2.75, 3.05) is 12.4 Å². The molecule has 1 heterocycles. The Labute approximate surface area is 127 Å². The summed E-state index contributed by atoms with van der Waals surface area (Å²) < 4.78 is 5.07. The molecule has 1 aromatic heterocycles. The maximum atomic E-state index is 11.8. The quantitative estimate of drug-likeness (QED) is 0.812. The van der Waals surface area contributed by atoms with Gasteiger partial charge in [-0.2, -0.15) is 9.90 Å². The molecular weight excluding hydrogens is 286 g/mol. The first-order chi connectivity index (χ1) is 10.6. The number of ether oxygens (including phenoxy) is 1. The van der Waals surface area contributed by atoms with Gasteiger partial charge in [0.25, 0.3) is 0 Å². The number of anilines is 1. The summed E-state index contributed by atoms with van der Waals surface area (Å²) in [5.74, 6) is 0.619. The second-order valence-corrected chi connectivity index (χ2v) is 4.57. The first-order valence-corrected chi connectivity index (χ1v) is 6.64. The highest BCUT2D eigenvalue weighted by Gasteiger charge is 2.07. The van der Waals surface area contributed by atoms with Gasteiger partial charge >= 0.3 is 0 Å². The Balaban J connectivity index is 1.82. The van der Waals surface area contributed by atoms with E-state index in [1.54, 1.807) is 7.11 Å². The van der Waals surface area contributed by atoms with Gasteiger partial charge in [-0.25, -0.2) is 0 Å². The van der Waals surface area contributed by atoms with Gasteiger partial charge in [-0.05, 0) is 17.7 Å². The van der Waals surface area contributed by atoms with E-state index in [9.17, 15) is 9.59 Å². The van der Waals surface area contributed by atoms with Gasteiger partial charge in [0, 0.05) is 13.5 Å². The molecule has 2 rings (SSSR count). The average molecular weight is 303 g/mol. The second kappa shape index (κ2) is 7.21. The summed E-state index contributed by atoms with van der Waals surface area (Å²) in [5.41, 5.74) is 0.960. The Hall–Kier alpha value is -2.90. The number of amides is 2. The van der Waals surface area contributed by atoms with Crippen molar-refractivity contribution in [2.24, 2.45) is 0 Å². The predicted molar refractivity (Wildman–Crippen MR) is 79.2 cm³/mol. The Morgan fingerprint density at radius 1 is 1.27 bits per heavy atom. The molecule has 0 radical (unpaired) electrons. The van der Waals surface area contributed by atoms with Crippen molar-refractivity contribution in [1.82, 2.24) is 20.3 Å². The number of methoxy groups -OCH3 is 1. The minimum absolute atomic E-state index is 0.0181. The van der Waals surface area contributed by atoms with Crippen LogP contribution in [0.5, 0.6) is 5.75 Å². The topological polar surface area (TPSA) is 98.1 Å². The molecule has 2 amide bonds. The third-order valence-electron chi connectivity index (χ3n) is 2.77. The molecule has 0 spiro atoms. The fraction of sp³-hybridized carbons (Fsp3) is 0.286. The molecule has 8 nitrogen and oxygen atoms in total. The highest BCUT2D eigenvalue weighted by Crippen LogP contribution is 2.10. The maximum Gasteiger partial charge on any atom is 0.243 e. The number of rotatable bonds is 6. The average Bonchev–Trinajstić information content (AvgIpc) is 2.92. The molecule has 1 aromatic carbocycles. The van der Waals surface area contributed by atoms with Crippen LogP contribution >= 0.6 is 0 Å². The summed E-state index contributed by atoms with van der Waals surface area (Å²) in [6.07, 6.45) is 1.39. The predicted octanol–water partition coefficient (Wildman–Crippen LogP) is 0.561. The SMILES string of the molecule is COc1ccc(CNC(=O)Cn2ncc(NC(C)=O)n2)cc1. The van der Waals surface area contributed by atoms with Crippen LogP contribution < -0.4 is 15.4 Å². The zero-order chi connectivity index (χ0) is 15.9. The molecule has 0 unspecified atom stereocenters. The Kier molecular flexibility index (Phi) is 5.07. The van der Waals surface area contributed by atoms with Gasteiger partial charge in [0.15, 0.2) is 5.82 Å². The molecule has 0 aliphatic heterocycles. The highest BCUT2D eigenvalue weighted by atomic mass is 16.5. The van der Waals surface area contributed by atoms with Crippen LogP contribution in [0, 0.1) is 0 Å². The smallest absolute Gasteiger partial charge is 0.243 e. The van der Waals surface area contributed by atoms with Gasteiger partial charge in [0.2, 0.25) is 11.8 Å². The van der Waals surface area contributed by atoms with E-state index in [0.717, 1.165) is 11.3 Å². The van der Waals surface area contributed by atoms with Gasteiger partial charge in [-0.1, -0.05) is 12.1 Å². The molecule has 0 fully saturated rings. The summed E-state index contributed by atoms with van der Waals surface area (Å²) in [7, 11) is 1.60. The van der Waals surface area contributed by atoms with Gasteiger partial charge in [-0.3, -0.25) is 9.59 Å². The summed E-state index contributed by atoms with van der Waals surface area (Å²) in [5, 5.41) is 13.1. The first kappa shape index (κ1) is 15.5. The molecule has 0 atom stereocenters. The Bertz CT molecular complexity index is 651. The van der Waals surface area contributed by atoms with E-state index in [2.05, 4.69) is 20.8 Å². The number of carbonyl (C=O) groups is 2. The van der Waals surface area contributed by atoms with Crippen molar-refractivity contribution in [1.29, 1.82) is 0 Å². The lowest BCUT2D eigenvalue weighted by atomic mass is 10.2. The molecule has 8 heteroatoms. The van der Waals surface area contributed by atoms with E-state index in [1.165, 1.54) is 17.9 Å². The van der Waals surface area contributed by atoms with E-state index >= 15 is 0 Å². The number of benzene rings is 1. The minimum atomic E-state index is -0.240. The molecule has 0 saturated heterocycles. The lowest BCUT2D eigenvalue weighted by molar-refractivity contribution is -0.122. The molecule has 22 heavy (non-hydrogen) atoms. The summed E-state index contributed by atoms with van der Waals surface area (Å²) in [4.78, 5) is 23.9. The number of hydrogen-bond acceptors (Lipinski definition) is 5. The molecule has 0 saturated carbocycles. The summed E-state index contributed by atoms with van der Waals surface area (Å²) in [6.45, 7) is 1.76. The summed E-state index contributed by atoms with van der Waals surface area (Å²) >= 11 is 0.